The number of nitrogens with one attached hydrogen (secondary N) is 2. The molecule has 0 bridgehead atoms. The van der Waals surface area contributed by atoms with Gasteiger partial charge in [-0.25, -0.2) is 14.1 Å². The van der Waals surface area contributed by atoms with Crippen LogP contribution in [-0.4, -0.2) is 21.4 Å². The van der Waals surface area contributed by atoms with Crippen LogP contribution in [0.25, 0.3) is 0 Å². The number of nitrogens with two attached hydrogens (primary N) is 1. The minimum atomic E-state index is -1.19. The molecule has 0 saturated carbocycles. The summed E-state index contributed by atoms with van der Waals surface area (Å²) in [5, 5.41) is 9.72. The van der Waals surface area contributed by atoms with Crippen LogP contribution in [0, 0.1) is 0 Å². The lowest BCUT2D eigenvalue weighted by molar-refractivity contribution is 0.450. The zero-order valence-corrected chi connectivity index (χ0v) is 10.4. The number of aromatic nitrogens is 2. The molecule has 2 heterocycles. The van der Waals surface area contributed by atoms with Crippen LogP contribution in [0.4, 0.5) is 10.2 Å². The minimum absolute atomic E-state index is 0.174. The first-order chi connectivity index (χ1) is 8.55. The number of guanidine groups is 1. The largest absolute Gasteiger partial charge is 0.370 e. The second kappa shape index (κ2) is 4.67. The van der Waals surface area contributed by atoms with Crippen molar-refractivity contribution >= 4 is 11.8 Å². The van der Waals surface area contributed by atoms with E-state index in [0.717, 1.165) is 13.0 Å². The van der Waals surface area contributed by atoms with E-state index >= 15 is 0 Å². The Morgan fingerprint density at radius 1 is 1.61 bits per heavy atom. The number of hydrogen-bond donors (Lipinski definition) is 3. The first kappa shape index (κ1) is 12.4. The molecule has 4 N–H and O–H groups in total. The Morgan fingerprint density at radius 2 is 2.39 bits per heavy atom. The highest BCUT2D eigenvalue weighted by molar-refractivity contribution is 5.81. The molecule has 1 aliphatic heterocycles. The molecular weight excluding hydrogens is 235 g/mol. The first-order valence-electron chi connectivity index (χ1n) is 5.83. The molecule has 18 heavy (non-hydrogen) atoms. The predicted molar refractivity (Wildman–Crippen MR) is 68.5 cm³/mol. The van der Waals surface area contributed by atoms with Gasteiger partial charge in [-0.3, -0.25) is 0 Å². The molecule has 7 heteroatoms. The molecule has 0 saturated heterocycles. The maximum atomic E-state index is 13.9. The zero-order valence-electron chi connectivity index (χ0n) is 10.4. The number of rotatable bonds is 4. The third-order valence-corrected chi connectivity index (χ3v) is 2.68. The zero-order chi connectivity index (χ0) is 13.2. The van der Waals surface area contributed by atoms with Gasteiger partial charge in [-0.05, 0) is 13.3 Å². The third kappa shape index (κ3) is 2.29. The van der Waals surface area contributed by atoms with Gasteiger partial charge in [0.2, 0.25) is 0 Å². The SMILES string of the molecule is CCCn1nccc1NC1(C)N=C(N)NC=C1F. The Balaban J connectivity index is 2.24. The van der Waals surface area contributed by atoms with E-state index in [1.54, 1.807) is 23.9 Å². The van der Waals surface area contributed by atoms with E-state index in [1.807, 2.05) is 6.92 Å². The highest BCUT2D eigenvalue weighted by atomic mass is 19.1. The van der Waals surface area contributed by atoms with Gasteiger partial charge in [0.15, 0.2) is 17.4 Å². The van der Waals surface area contributed by atoms with Crippen LogP contribution in [0.3, 0.4) is 0 Å². The van der Waals surface area contributed by atoms with Gasteiger partial charge in [0, 0.05) is 18.8 Å². The molecule has 1 atom stereocenters. The summed E-state index contributed by atoms with van der Waals surface area (Å²) in [7, 11) is 0. The molecular formula is C11H17FN6. The Hall–Kier alpha value is -2.05. The van der Waals surface area contributed by atoms with E-state index in [4.69, 9.17) is 5.73 Å². The Labute approximate surface area is 105 Å². The highest BCUT2D eigenvalue weighted by Gasteiger charge is 2.33. The van der Waals surface area contributed by atoms with Crippen molar-refractivity contribution < 1.29 is 4.39 Å². The van der Waals surface area contributed by atoms with Gasteiger partial charge < -0.3 is 16.4 Å². The fourth-order valence-corrected chi connectivity index (χ4v) is 1.77. The maximum Gasteiger partial charge on any atom is 0.195 e. The molecule has 1 unspecified atom stereocenters. The van der Waals surface area contributed by atoms with Gasteiger partial charge in [0.1, 0.15) is 5.82 Å². The monoisotopic (exact) mass is 252 g/mol. The van der Waals surface area contributed by atoms with Gasteiger partial charge in [-0.2, -0.15) is 5.10 Å². The third-order valence-electron chi connectivity index (χ3n) is 2.68. The van der Waals surface area contributed by atoms with Crippen LogP contribution in [0.1, 0.15) is 20.3 Å². The quantitative estimate of drug-likeness (QED) is 0.751. The molecule has 0 radical (unpaired) electrons. The average molecular weight is 252 g/mol. The molecule has 0 spiro atoms. The lowest BCUT2D eigenvalue weighted by Crippen LogP contribution is -2.44. The van der Waals surface area contributed by atoms with Crippen molar-refractivity contribution in [3.63, 3.8) is 0 Å². The summed E-state index contributed by atoms with van der Waals surface area (Å²) in [4.78, 5) is 4.06. The van der Waals surface area contributed by atoms with Crippen molar-refractivity contribution in [2.75, 3.05) is 5.32 Å². The summed E-state index contributed by atoms with van der Waals surface area (Å²) in [5.74, 6) is 0.454. The normalized spacial score (nSPS) is 23.1. The van der Waals surface area contributed by atoms with Gasteiger partial charge in [0.25, 0.3) is 0 Å². The topological polar surface area (TPSA) is 80.3 Å². The van der Waals surface area contributed by atoms with Crippen molar-refractivity contribution in [3.05, 3.63) is 24.3 Å². The number of hydrogen-bond acceptors (Lipinski definition) is 5. The van der Waals surface area contributed by atoms with Crippen LogP contribution in [0.2, 0.25) is 0 Å². The fourth-order valence-electron chi connectivity index (χ4n) is 1.77. The molecule has 2 rings (SSSR count). The van der Waals surface area contributed by atoms with E-state index in [-0.39, 0.29) is 5.96 Å². The minimum Gasteiger partial charge on any atom is -0.370 e. The fraction of sp³-hybridized carbons (Fsp3) is 0.455. The molecule has 6 nitrogen and oxygen atoms in total. The van der Waals surface area contributed by atoms with Crippen molar-refractivity contribution in [1.82, 2.24) is 15.1 Å². The molecule has 0 aliphatic carbocycles. The van der Waals surface area contributed by atoms with Gasteiger partial charge in [-0.1, -0.05) is 6.92 Å². The molecule has 1 aliphatic rings. The summed E-state index contributed by atoms with van der Waals surface area (Å²) >= 11 is 0. The second-order valence-electron chi connectivity index (χ2n) is 4.27. The summed E-state index contributed by atoms with van der Waals surface area (Å²) in [6, 6.07) is 1.78. The summed E-state index contributed by atoms with van der Waals surface area (Å²) in [6.07, 6.45) is 3.81. The first-order valence-corrected chi connectivity index (χ1v) is 5.83. The van der Waals surface area contributed by atoms with Crippen molar-refractivity contribution in [2.24, 2.45) is 10.7 Å². The number of aliphatic imine (C=N–C) groups is 1. The van der Waals surface area contributed by atoms with Crippen molar-refractivity contribution in [3.8, 4) is 0 Å². The number of anilines is 1. The van der Waals surface area contributed by atoms with Crippen LogP contribution >= 0.6 is 0 Å². The Bertz CT molecular complexity index is 491. The van der Waals surface area contributed by atoms with E-state index in [9.17, 15) is 4.39 Å². The van der Waals surface area contributed by atoms with E-state index < -0.39 is 11.5 Å². The second-order valence-corrected chi connectivity index (χ2v) is 4.27. The van der Waals surface area contributed by atoms with E-state index in [2.05, 4.69) is 20.7 Å². The van der Waals surface area contributed by atoms with Gasteiger partial charge in [0.05, 0.1) is 6.20 Å². The van der Waals surface area contributed by atoms with Crippen LogP contribution in [-0.2, 0) is 6.54 Å². The molecule has 0 amide bonds. The molecule has 98 valence electrons. The Kier molecular flexibility index (Phi) is 3.22. The predicted octanol–water partition coefficient (Wildman–Crippen LogP) is 1.15. The molecule has 0 fully saturated rings. The summed E-state index contributed by atoms with van der Waals surface area (Å²) in [5.41, 5.74) is 4.37. The highest BCUT2D eigenvalue weighted by Crippen LogP contribution is 2.26. The van der Waals surface area contributed by atoms with E-state index in [0.29, 0.717) is 5.82 Å². The average Bonchev–Trinajstić information content (AvgIpc) is 2.72. The van der Waals surface area contributed by atoms with Crippen LogP contribution in [0.5, 0.6) is 0 Å². The van der Waals surface area contributed by atoms with Crippen molar-refractivity contribution in [2.45, 2.75) is 32.5 Å². The molecule has 0 aromatic carbocycles. The van der Waals surface area contributed by atoms with Crippen LogP contribution in [0.15, 0.2) is 29.3 Å². The lowest BCUT2D eigenvalue weighted by atomic mass is 10.1. The summed E-state index contributed by atoms with van der Waals surface area (Å²) in [6.45, 7) is 4.43. The standard InChI is InChI=1S/C11H17FN6/c1-3-6-18-9(4-5-15-18)16-11(2)8(12)7-14-10(13)17-11/h4-5,7,16H,3,6H2,1-2H3,(H3,13,14,17). The number of aryl methyl sites for hydroxylation is 1. The van der Waals surface area contributed by atoms with Gasteiger partial charge >= 0.3 is 0 Å². The smallest absolute Gasteiger partial charge is 0.195 e. The molecule has 1 aromatic heterocycles. The number of nitrogens with zero attached hydrogens (tertiary/aromatic N) is 3. The van der Waals surface area contributed by atoms with Gasteiger partial charge in [-0.15, -0.1) is 0 Å². The summed E-state index contributed by atoms with van der Waals surface area (Å²) < 4.78 is 15.6. The van der Waals surface area contributed by atoms with Crippen molar-refractivity contribution in [1.29, 1.82) is 0 Å². The number of halogens is 1. The van der Waals surface area contributed by atoms with E-state index in [1.165, 1.54) is 6.20 Å². The molecule has 1 aromatic rings. The Morgan fingerprint density at radius 3 is 3.11 bits per heavy atom. The van der Waals surface area contributed by atoms with Crippen LogP contribution < -0.4 is 16.4 Å². The lowest BCUT2D eigenvalue weighted by Gasteiger charge is -2.29. The maximum absolute atomic E-state index is 13.9.